The van der Waals surface area contributed by atoms with Crippen molar-refractivity contribution in [2.24, 2.45) is 0 Å². The number of hydrogen-bond acceptors (Lipinski definition) is 10. The number of halogens is 2. The molecule has 252 valence electrons. The molecule has 15 heteroatoms. The third-order valence-corrected chi connectivity index (χ3v) is 10.6. The molecule has 3 aliphatic heterocycles. The average molecular weight is 670 g/mol. The molecule has 3 N–H and O–H groups in total. The first-order chi connectivity index (χ1) is 22.5. The van der Waals surface area contributed by atoms with Gasteiger partial charge in [-0.1, -0.05) is 13.8 Å². The molecule has 0 radical (unpaired) electrons. The Kier molecular flexibility index (Phi) is 8.49. The first-order valence-corrected chi connectivity index (χ1v) is 17.4. The number of ether oxygens (including phenoxy) is 1. The molecule has 4 aliphatic rings. The second kappa shape index (κ2) is 12.5. The van der Waals surface area contributed by atoms with Gasteiger partial charge in [-0.15, -0.1) is 11.3 Å². The van der Waals surface area contributed by atoms with Crippen LogP contribution in [0.25, 0.3) is 11.4 Å². The molecule has 1 unspecified atom stereocenters. The summed E-state index contributed by atoms with van der Waals surface area (Å²) in [6.45, 7) is 6.33. The maximum absolute atomic E-state index is 13.9. The Morgan fingerprint density at radius 2 is 1.94 bits per heavy atom. The zero-order valence-electron chi connectivity index (χ0n) is 26.8. The summed E-state index contributed by atoms with van der Waals surface area (Å²) in [6.07, 6.45) is 6.67. The Bertz CT molecular complexity index is 1660. The molecule has 2 amide bonds. The molecule has 3 aromatic rings. The highest BCUT2D eigenvalue weighted by atomic mass is 32.1. The summed E-state index contributed by atoms with van der Waals surface area (Å²) < 4.78 is 35.8. The van der Waals surface area contributed by atoms with Crippen LogP contribution in [0.1, 0.15) is 92.3 Å². The maximum Gasteiger partial charge on any atom is 0.278 e. The van der Waals surface area contributed by atoms with E-state index in [2.05, 4.69) is 34.1 Å². The van der Waals surface area contributed by atoms with Gasteiger partial charge in [0.15, 0.2) is 17.1 Å². The van der Waals surface area contributed by atoms with E-state index in [1.54, 1.807) is 21.2 Å². The lowest BCUT2D eigenvalue weighted by atomic mass is 9.73. The number of alkyl halides is 2. The van der Waals surface area contributed by atoms with Crippen LogP contribution in [0.4, 0.5) is 19.9 Å². The van der Waals surface area contributed by atoms with E-state index >= 15 is 0 Å². The van der Waals surface area contributed by atoms with Crippen LogP contribution in [0.5, 0.6) is 0 Å². The standard InChI is InChI=1S/C32H41F2N9O3S/c1-31(2)15-19-16-36-29(35)38-25(19)27-24(31)26(40-43(27)23-6-3-4-13-46-23)28(45)39-30-37-20(17-47-30)14-22(44)41-11-7-21(8-12-41)42-10-5-9-32(33,34)18-42/h16-17,21,23H,3-15,18H2,1-2H3,(H2,35,36,38)(H,37,39,45). The van der Waals surface area contributed by atoms with E-state index in [4.69, 9.17) is 15.6 Å². The number of rotatable bonds is 6. The van der Waals surface area contributed by atoms with Crippen molar-refractivity contribution in [1.29, 1.82) is 0 Å². The van der Waals surface area contributed by atoms with Gasteiger partial charge in [0.2, 0.25) is 11.9 Å². The van der Waals surface area contributed by atoms with Crippen LogP contribution in [0, 0.1) is 0 Å². The van der Waals surface area contributed by atoms with E-state index in [0.717, 1.165) is 36.1 Å². The molecule has 0 saturated carbocycles. The molecule has 1 aliphatic carbocycles. The number of fused-ring (bicyclic) bond motifs is 3. The normalized spacial score (nSPS) is 22.8. The van der Waals surface area contributed by atoms with E-state index in [0.29, 0.717) is 68.4 Å². The van der Waals surface area contributed by atoms with Crippen molar-refractivity contribution >= 4 is 34.2 Å². The lowest BCUT2D eigenvalue weighted by Gasteiger charge is -2.42. The Morgan fingerprint density at radius 1 is 1.13 bits per heavy atom. The number of aromatic nitrogens is 5. The first-order valence-electron chi connectivity index (χ1n) is 16.5. The quantitative estimate of drug-likeness (QED) is 0.390. The summed E-state index contributed by atoms with van der Waals surface area (Å²) in [4.78, 5) is 44.1. The zero-order chi connectivity index (χ0) is 32.9. The van der Waals surface area contributed by atoms with Crippen LogP contribution in [0.3, 0.4) is 0 Å². The molecule has 6 heterocycles. The fraction of sp³-hybridized carbons (Fsp3) is 0.625. The number of carbonyl (C=O) groups excluding carboxylic acids is 2. The number of amides is 2. The van der Waals surface area contributed by atoms with Crippen LogP contribution in [-0.4, -0.2) is 91.1 Å². The van der Waals surface area contributed by atoms with Crippen molar-refractivity contribution in [3.8, 4) is 11.4 Å². The summed E-state index contributed by atoms with van der Waals surface area (Å²) >= 11 is 1.25. The Hall–Kier alpha value is -3.56. The highest BCUT2D eigenvalue weighted by Gasteiger charge is 2.42. The van der Waals surface area contributed by atoms with Crippen molar-refractivity contribution in [3.05, 3.63) is 34.1 Å². The Morgan fingerprint density at radius 3 is 2.68 bits per heavy atom. The number of nitrogens with zero attached hydrogens (tertiary/aromatic N) is 7. The first kappa shape index (κ1) is 32.0. The number of hydrogen-bond donors (Lipinski definition) is 2. The van der Waals surface area contributed by atoms with E-state index in [1.165, 1.54) is 11.3 Å². The SMILES string of the molecule is CC1(C)Cc2cnc(N)nc2-c2c1c(C(=O)Nc1nc(CC(=O)N3CCC(N4CCCC(F)(F)C4)CC3)cs1)nn2C1CCCCO1. The van der Waals surface area contributed by atoms with E-state index in [1.807, 2.05) is 4.90 Å². The average Bonchev–Trinajstić information content (AvgIpc) is 3.67. The minimum atomic E-state index is -2.63. The predicted molar refractivity (Wildman–Crippen MR) is 172 cm³/mol. The second-order valence-electron chi connectivity index (χ2n) is 13.8. The number of piperidine rings is 2. The molecule has 12 nitrogen and oxygen atoms in total. The molecule has 7 rings (SSSR count). The number of thiazole rings is 1. The van der Waals surface area contributed by atoms with Crippen molar-refractivity contribution in [2.45, 2.75) is 95.2 Å². The number of nitrogens with one attached hydrogen (secondary N) is 1. The second-order valence-corrected chi connectivity index (χ2v) is 14.7. The smallest absolute Gasteiger partial charge is 0.278 e. The lowest BCUT2D eigenvalue weighted by Crippen LogP contribution is -2.52. The summed E-state index contributed by atoms with van der Waals surface area (Å²) in [6, 6.07) is 0.0773. The molecule has 0 spiro atoms. The van der Waals surface area contributed by atoms with E-state index in [9.17, 15) is 18.4 Å². The summed E-state index contributed by atoms with van der Waals surface area (Å²) in [5.74, 6) is -2.93. The van der Waals surface area contributed by atoms with Gasteiger partial charge in [-0.2, -0.15) is 5.10 Å². The number of nitrogens with two attached hydrogens (primary N) is 1. The number of carbonyl (C=O) groups is 2. The minimum absolute atomic E-state index is 0.0464. The molecule has 3 fully saturated rings. The van der Waals surface area contributed by atoms with Gasteiger partial charge in [-0.25, -0.2) is 28.4 Å². The highest BCUT2D eigenvalue weighted by Crippen LogP contribution is 2.46. The van der Waals surface area contributed by atoms with Crippen molar-refractivity contribution in [1.82, 2.24) is 34.5 Å². The number of anilines is 2. The van der Waals surface area contributed by atoms with Gasteiger partial charge in [0, 0.05) is 49.3 Å². The van der Waals surface area contributed by atoms with Crippen LogP contribution in [-0.2, 0) is 27.8 Å². The van der Waals surface area contributed by atoms with Crippen LogP contribution < -0.4 is 11.1 Å². The van der Waals surface area contributed by atoms with Crippen molar-refractivity contribution in [3.63, 3.8) is 0 Å². The van der Waals surface area contributed by atoms with Gasteiger partial charge in [0.05, 0.1) is 30.0 Å². The van der Waals surface area contributed by atoms with Crippen LogP contribution in [0.2, 0.25) is 0 Å². The van der Waals surface area contributed by atoms with E-state index in [-0.39, 0.29) is 49.2 Å². The molecule has 1 atom stereocenters. The van der Waals surface area contributed by atoms with Crippen molar-refractivity contribution in [2.75, 3.05) is 43.8 Å². The fourth-order valence-corrected chi connectivity index (χ4v) is 8.27. The Balaban J connectivity index is 1.05. The monoisotopic (exact) mass is 669 g/mol. The maximum atomic E-state index is 13.9. The third kappa shape index (κ3) is 6.49. The van der Waals surface area contributed by atoms with Gasteiger partial charge in [-0.05, 0) is 62.5 Å². The lowest BCUT2D eigenvalue weighted by molar-refractivity contribution is -0.133. The van der Waals surface area contributed by atoms with Crippen LogP contribution >= 0.6 is 11.3 Å². The minimum Gasteiger partial charge on any atom is -0.368 e. The molecule has 0 bridgehead atoms. The predicted octanol–water partition coefficient (Wildman–Crippen LogP) is 4.43. The molecule has 3 aromatic heterocycles. The van der Waals surface area contributed by atoms with E-state index < -0.39 is 17.2 Å². The summed E-state index contributed by atoms with van der Waals surface area (Å²) in [7, 11) is 0. The highest BCUT2D eigenvalue weighted by molar-refractivity contribution is 7.14. The van der Waals surface area contributed by atoms with Crippen LogP contribution in [0.15, 0.2) is 11.6 Å². The number of likely N-dealkylation sites (tertiary alicyclic amines) is 2. The van der Waals surface area contributed by atoms with Crippen molar-refractivity contribution < 1.29 is 23.1 Å². The number of nitrogen functional groups attached to an aromatic ring is 1. The third-order valence-electron chi connectivity index (χ3n) is 9.83. The largest absolute Gasteiger partial charge is 0.368 e. The molecule has 0 aromatic carbocycles. The zero-order valence-corrected chi connectivity index (χ0v) is 27.6. The molecular formula is C32H41F2N9O3S. The topological polar surface area (TPSA) is 144 Å². The summed E-state index contributed by atoms with van der Waals surface area (Å²) in [5.41, 5.74) is 9.51. The Labute approximate surface area is 276 Å². The molecule has 47 heavy (non-hydrogen) atoms. The fourth-order valence-electron chi connectivity index (χ4n) is 7.56. The van der Waals surface area contributed by atoms with Gasteiger partial charge in [0.25, 0.3) is 11.8 Å². The van der Waals surface area contributed by atoms with Gasteiger partial charge >= 0.3 is 0 Å². The molecule has 3 saturated heterocycles. The van der Waals surface area contributed by atoms with Gasteiger partial charge in [-0.3, -0.25) is 19.8 Å². The summed E-state index contributed by atoms with van der Waals surface area (Å²) in [5, 5.41) is 9.92. The van der Waals surface area contributed by atoms with Gasteiger partial charge in [0.1, 0.15) is 0 Å². The van der Waals surface area contributed by atoms with Gasteiger partial charge < -0.3 is 15.4 Å². The molecular weight excluding hydrogens is 628 g/mol.